The molecule has 0 N–H and O–H groups in total. The Kier molecular flexibility index (Phi) is 2.96. The number of carbonyl (C=O) groups is 1. The van der Waals surface area contributed by atoms with Crippen LogP contribution in [0.4, 0.5) is 0 Å². The van der Waals surface area contributed by atoms with Crippen LogP contribution >= 0.6 is 0 Å². The molecule has 16 heavy (non-hydrogen) atoms. The lowest BCUT2D eigenvalue weighted by atomic mass is 10.1. The Morgan fingerprint density at radius 3 is 3.06 bits per heavy atom. The molecule has 0 aliphatic carbocycles. The summed E-state index contributed by atoms with van der Waals surface area (Å²) in [7, 11) is 1.36. The van der Waals surface area contributed by atoms with E-state index in [0.29, 0.717) is 0 Å². The first-order chi connectivity index (χ1) is 7.79. The Hall–Kier alpha value is -2.16. The monoisotopic (exact) mass is 213 g/mol. The number of ether oxygens (including phenoxy) is 1. The van der Waals surface area contributed by atoms with Gasteiger partial charge in [0, 0.05) is 17.7 Å². The zero-order valence-electron chi connectivity index (χ0n) is 8.88. The average molecular weight is 213 g/mol. The van der Waals surface area contributed by atoms with Crippen LogP contribution in [0.2, 0.25) is 0 Å². The van der Waals surface area contributed by atoms with Crippen LogP contribution in [-0.2, 0) is 9.53 Å². The van der Waals surface area contributed by atoms with Crippen LogP contribution in [-0.4, -0.2) is 18.1 Å². The third kappa shape index (κ3) is 2.25. The van der Waals surface area contributed by atoms with Crippen LogP contribution in [0.5, 0.6) is 0 Å². The fraction of sp³-hybridized carbons (Fsp3) is 0.0769. The van der Waals surface area contributed by atoms with Gasteiger partial charge in [0.05, 0.1) is 12.6 Å². The van der Waals surface area contributed by atoms with Crippen molar-refractivity contribution in [2.45, 2.75) is 0 Å². The second-order valence-electron chi connectivity index (χ2n) is 3.31. The molecular weight excluding hydrogens is 202 g/mol. The second-order valence-corrected chi connectivity index (χ2v) is 3.31. The SMILES string of the molecule is COC(=O)C=Cc1ccc2cccnc2c1. The topological polar surface area (TPSA) is 39.2 Å². The molecule has 0 saturated heterocycles. The van der Waals surface area contributed by atoms with Crippen LogP contribution in [0.1, 0.15) is 5.56 Å². The summed E-state index contributed by atoms with van der Waals surface area (Å²) in [4.78, 5) is 15.2. The normalized spacial score (nSPS) is 10.8. The number of carbonyl (C=O) groups excluding carboxylic acids is 1. The van der Waals surface area contributed by atoms with Gasteiger partial charge in [-0.3, -0.25) is 4.98 Å². The number of benzene rings is 1. The molecule has 0 atom stereocenters. The average Bonchev–Trinajstić information content (AvgIpc) is 2.35. The number of esters is 1. The molecule has 1 aromatic carbocycles. The van der Waals surface area contributed by atoms with Crippen molar-refractivity contribution in [2.24, 2.45) is 0 Å². The summed E-state index contributed by atoms with van der Waals surface area (Å²) < 4.78 is 4.52. The van der Waals surface area contributed by atoms with Crippen molar-refractivity contribution < 1.29 is 9.53 Å². The summed E-state index contributed by atoms with van der Waals surface area (Å²) in [5.74, 6) is -0.360. The summed E-state index contributed by atoms with van der Waals surface area (Å²) in [6.07, 6.45) is 4.85. The molecule has 1 aromatic heterocycles. The molecule has 1 heterocycles. The maximum Gasteiger partial charge on any atom is 0.330 e. The van der Waals surface area contributed by atoms with E-state index in [0.717, 1.165) is 16.5 Å². The lowest BCUT2D eigenvalue weighted by molar-refractivity contribution is -0.134. The second kappa shape index (κ2) is 4.57. The Balaban J connectivity index is 2.33. The van der Waals surface area contributed by atoms with Crippen molar-refractivity contribution in [3.8, 4) is 0 Å². The zero-order valence-corrected chi connectivity index (χ0v) is 8.88. The van der Waals surface area contributed by atoms with E-state index in [1.54, 1.807) is 12.3 Å². The maximum absolute atomic E-state index is 10.9. The quantitative estimate of drug-likeness (QED) is 0.568. The smallest absolute Gasteiger partial charge is 0.330 e. The van der Waals surface area contributed by atoms with Crippen LogP contribution in [0.3, 0.4) is 0 Å². The van der Waals surface area contributed by atoms with Crippen molar-refractivity contribution in [1.29, 1.82) is 0 Å². The predicted molar refractivity (Wildman–Crippen MR) is 62.8 cm³/mol. The first-order valence-corrected chi connectivity index (χ1v) is 4.90. The van der Waals surface area contributed by atoms with Gasteiger partial charge in [0.2, 0.25) is 0 Å². The van der Waals surface area contributed by atoms with E-state index >= 15 is 0 Å². The van der Waals surface area contributed by atoms with Crippen LogP contribution in [0, 0.1) is 0 Å². The van der Waals surface area contributed by atoms with E-state index in [1.807, 2.05) is 30.3 Å². The molecule has 2 rings (SSSR count). The molecular formula is C13H11NO2. The minimum absolute atomic E-state index is 0.360. The predicted octanol–water partition coefficient (Wildman–Crippen LogP) is 2.42. The molecule has 80 valence electrons. The molecule has 0 spiro atoms. The van der Waals surface area contributed by atoms with E-state index in [4.69, 9.17) is 0 Å². The van der Waals surface area contributed by atoms with Crippen LogP contribution < -0.4 is 0 Å². The Labute approximate surface area is 93.4 Å². The Morgan fingerprint density at radius 2 is 2.25 bits per heavy atom. The molecule has 0 amide bonds. The van der Waals surface area contributed by atoms with Gasteiger partial charge in [-0.1, -0.05) is 18.2 Å². The number of pyridine rings is 1. The van der Waals surface area contributed by atoms with Gasteiger partial charge in [0.25, 0.3) is 0 Å². The molecule has 0 fully saturated rings. The zero-order chi connectivity index (χ0) is 11.4. The van der Waals surface area contributed by atoms with Crippen molar-refractivity contribution in [1.82, 2.24) is 4.98 Å². The lowest BCUT2D eigenvalue weighted by Crippen LogP contribution is -1.93. The highest BCUT2D eigenvalue weighted by atomic mass is 16.5. The minimum Gasteiger partial charge on any atom is -0.466 e. The number of nitrogens with zero attached hydrogens (tertiary/aromatic N) is 1. The molecule has 0 unspecified atom stereocenters. The molecule has 3 heteroatoms. The highest BCUT2D eigenvalue weighted by molar-refractivity contribution is 5.88. The van der Waals surface area contributed by atoms with Crippen LogP contribution in [0.15, 0.2) is 42.6 Å². The van der Waals surface area contributed by atoms with Gasteiger partial charge in [-0.2, -0.15) is 0 Å². The first-order valence-electron chi connectivity index (χ1n) is 4.90. The number of rotatable bonds is 2. The van der Waals surface area contributed by atoms with E-state index < -0.39 is 0 Å². The lowest BCUT2D eigenvalue weighted by Gasteiger charge is -1.98. The van der Waals surface area contributed by atoms with Gasteiger partial charge >= 0.3 is 5.97 Å². The molecule has 0 radical (unpaired) electrons. The van der Waals surface area contributed by atoms with E-state index in [9.17, 15) is 4.79 Å². The van der Waals surface area contributed by atoms with Crippen LogP contribution in [0.25, 0.3) is 17.0 Å². The largest absolute Gasteiger partial charge is 0.466 e. The molecule has 0 saturated carbocycles. The number of methoxy groups -OCH3 is 1. The number of aromatic nitrogens is 1. The highest BCUT2D eigenvalue weighted by Crippen LogP contribution is 2.14. The van der Waals surface area contributed by atoms with E-state index in [1.165, 1.54) is 13.2 Å². The number of fused-ring (bicyclic) bond motifs is 1. The van der Waals surface area contributed by atoms with Gasteiger partial charge < -0.3 is 4.74 Å². The number of hydrogen-bond acceptors (Lipinski definition) is 3. The Bertz CT molecular complexity index is 546. The van der Waals surface area contributed by atoms with Gasteiger partial charge in [-0.15, -0.1) is 0 Å². The van der Waals surface area contributed by atoms with E-state index in [2.05, 4.69) is 9.72 Å². The summed E-state index contributed by atoms with van der Waals surface area (Å²) in [6, 6.07) is 9.72. The highest BCUT2D eigenvalue weighted by Gasteiger charge is 1.95. The van der Waals surface area contributed by atoms with Gasteiger partial charge in [0.15, 0.2) is 0 Å². The van der Waals surface area contributed by atoms with E-state index in [-0.39, 0.29) is 5.97 Å². The van der Waals surface area contributed by atoms with Gasteiger partial charge in [-0.25, -0.2) is 4.79 Å². The first kappa shape index (κ1) is 10.4. The molecule has 0 bridgehead atoms. The molecule has 0 aliphatic rings. The maximum atomic E-state index is 10.9. The molecule has 0 aliphatic heterocycles. The molecule has 3 nitrogen and oxygen atoms in total. The minimum atomic E-state index is -0.360. The third-order valence-corrected chi connectivity index (χ3v) is 2.24. The molecule has 2 aromatic rings. The van der Waals surface area contributed by atoms with Crippen molar-refractivity contribution in [2.75, 3.05) is 7.11 Å². The summed E-state index contributed by atoms with van der Waals surface area (Å²) in [5.41, 5.74) is 1.84. The van der Waals surface area contributed by atoms with Crippen molar-refractivity contribution in [3.63, 3.8) is 0 Å². The fourth-order valence-electron chi connectivity index (χ4n) is 1.42. The fourth-order valence-corrected chi connectivity index (χ4v) is 1.42. The number of hydrogen-bond donors (Lipinski definition) is 0. The third-order valence-electron chi connectivity index (χ3n) is 2.24. The standard InChI is InChI=1S/C13H11NO2/c1-16-13(15)7-5-10-4-6-11-3-2-8-14-12(11)9-10/h2-9H,1H3. The Morgan fingerprint density at radius 1 is 1.38 bits per heavy atom. The van der Waals surface area contributed by atoms with Crippen molar-refractivity contribution in [3.05, 3.63) is 48.2 Å². The summed E-state index contributed by atoms with van der Waals surface area (Å²) in [5, 5.41) is 1.08. The summed E-state index contributed by atoms with van der Waals surface area (Å²) in [6.45, 7) is 0. The summed E-state index contributed by atoms with van der Waals surface area (Å²) >= 11 is 0. The van der Waals surface area contributed by atoms with Crippen molar-refractivity contribution >= 4 is 22.9 Å². The van der Waals surface area contributed by atoms with Gasteiger partial charge in [-0.05, 0) is 23.8 Å². The van der Waals surface area contributed by atoms with Gasteiger partial charge in [0.1, 0.15) is 0 Å².